The summed E-state index contributed by atoms with van der Waals surface area (Å²) in [6, 6.07) is 10.3. The van der Waals surface area contributed by atoms with Crippen LogP contribution >= 0.6 is 0 Å². The molecule has 0 bridgehead atoms. The normalized spacial score (nSPS) is 17.8. The summed E-state index contributed by atoms with van der Waals surface area (Å²) in [5.74, 6) is 2.16. The molecule has 1 amide bonds. The number of aromatic nitrogens is 2. The zero-order valence-corrected chi connectivity index (χ0v) is 17.5. The van der Waals surface area contributed by atoms with E-state index >= 15 is 0 Å². The summed E-state index contributed by atoms with van der Waals surface area (Å²) in [6.07, 6.45) is 0. The van der Waals surface area contributed by atoms with Crippen LogP contribution in [0.3, 0.4) is 0 Å². The highest BCUT2D eigenvalue weighted by atomic mass is 16.5. The molecule has 2 aliphatic rings. The van der Waals surface area contributed by atoms with Gasteiger partial charge >= 0.3 is 0 Å². The quantitative estimate of drug-likeness (QED) is 0.810. The van der Waals surface area contributed by atoms with E-state index < -0.39 is 0 Å². The van der Waals surface area contributed by atoms with Gasteiger partial charge in [0.1, 0.15) is 5.75 Å². The van der Waals surface area contributed by atoms with Gasteiger partial charge in [0.05, 0.1) is 11.4 Å². The van der Waals surface area contributed by atoms with Crippen molar-refractivity contribution in [2.45, 2.75) is 39.2 Å². The predicted molar refractivity (Wildman–Crippen MR) is 113 cm³/mol. The summed E-state index contributed by atoms with van der Waals surface area (Å²) >= 11 is 0. The summed E-state index contributed by atoms with van der Waals surface area (Å²) in [4.78, 5) is 13.8. The van der Waals surface area contributed by atoms with Gasteiger partial charge in [0.25, 0.3) is 5.91 Å². The lowest BCUT2D eigenvalue weighted by atomic mass is 9.92. The van der Waals surface area contributed by atoms with Crippen LogP contribution in [0.5, 0.6) is 5.75 Å². The molecule has 2 N–H and O–H groups in total. The van der Waals surface area contributed by atoms with Crippen molar-refractivity contribution in [3.63, 3.8) is 0 Å². The van der Waals surface area contributed by atoms with Crippen molar-refractivity contribution in [2.24, 2.45) is 5.92 Å². The van der Waals surface area contributed by atoms with E-state index in [0.717, 1.165) is 48.1 Å². The number of carbonyl (C=O) groups excluding carboxylic acids is 1. The number of amides is 1. The Labute approximate surface area is 171 Å². The highest BCUT2D eigenvalue weighted by molar-refractivity contribution is 5.95. The van der Waals surface area contributed by atoms with Gasteiger partial charge in [-0.3, -0.25) is 4.79 Å². The Bertz CT molecular complexity index is 885. The largest absolute Gasteiger partial charge is 0.482 e. The molecule has 1 aromatic carbocycles. The molecule has 1 saturated heterocycles. The fourth-order valence-electron chi connectivity index (χ4n) is 3.61. The molecular weight excluding hydrogens is 366 g/mol. The van der Waals surface area contributed by atoms with Crippen LogP contribution in [0.2, 0.25) is 0 Å². The maximum absolute atomic E-state index is 11.5. The van der Waals surface area contributed by atoms with Crippen LogP contribution in [0.4, 0.5) is 11.5 Å². The van der Waals surface area contributed by atoms with Crippen LogP contribution in [0, 0.1) is 5.92 Å². The van der Waals surface area contributed by atoms with Crippen molar-refractivity contribution in [1.82, 2.24) is 15.5 Å². The van der Waals surface area contributed by atoms with Crippen molar-refractivity contribution in [1.29, 1.82) is 0 Å². The first kappa shape index (κ1) is 19.6. The molecule has 29 heavy (non-hydrogen) atoms. The third kappa shape index (κ3) is 4.34. The number of hydrogen-bond donors (Lipinski definition) is 2. The SMILES string of the molecule is CC(NCC1CN(c2ccc(C(C)(C)C)nn2)C1)c1ccc2c(c1)NC(=O)CO2. The number of benzene rings is 1. The van der Waals surface area contributed by atoms with Gasteiger partial charge in [0.15, 0.2) is 12.4 Å². The fraction of sp³-hybridized carbons (Fsp3) is 0.500. The Morgan fingerprint density at radius 3 is 2.72 bits per heavy atom. The number of rotatable bonds is 5. The zero-order chi connectivity index (χ0) is 20.6. The highest BCUT2D eigenvalue weighted by Gasteiger charge is 2.29. The second kappa shape index (κ2) is 7.63. The van der Waals surface area contributed by atoms with E-state index in [2.05, 4.69) is 65.6 Å². The van der Waals surface area contributed by atoms with Gasteiger partial charge in [-0.25, -0.2) is 0 Å². The molecule has 1 aromatic heterocycles. The molecule has 4 rings (SSSR count). The highest BCUT2D eigenvalue weighted by Crippen LogP contribution is 2.31. The minimum absolute atomic E-state index is 0.0225. The number of hydrogen-bond acceptors (Lipinski definition) is 6. The lowest BCUT2D eigenvalue weighted by Gasteiger charge is -2.40. The molecule has 7 heteroatoms. The summed E-state index contributed by atoms with van der Waals surface area (Å²) in [6.45, 7) is 11.6. The lowest BCUT2D eigenvalue weighted by Crippen LogP contribution is -2.51. The van der Waals surface area contributed by atoms with Crippen LogP contribution in [0.15, 0.2) is 30.3 Å². The third-order valence-electron chi connectivity index (χ3n) is 5.55. The number of ether oxygens (including phenoxy) is 1. The van der Waals surface area contributed by atoms with E-state index in [1.807, 2.05) is 18.2 Å². The molecule has 3 heterocycles. The second-order valence-electron chi connectivity index (χ2n) is 9.02. The first-order valence-electron chi connectivity index (χ1n) is 10.2. The lowest BCUT2D eigenvalue weighted by molar-refractivity contribution is -0.118. The predicted octanol–water partition coefficient (Wildman–Crippen LogP) is 2.89. The average Bonchev–Trinajstić information content (AvgIpc) is 2.65. The van der Waals surface area contributed by atoms with E-state index in [1.54, 1.807) is 0 Å². The second-order valence-corrected chi connectivity index (χ2v) is 9.02. The van der Waals surface area contributed by atoms with Crippen LogP contribution in [0.1, 0.15) is 45.0 Å². The molecule has 7 nitrogen and oxygen atoms in total. The first-order valence-corrected chi connectivity index (χ1v) is 10.2. The van der Waals surface area contributed by atoms with Gasteiger partial charge in [-0.1, -0.05) is 26.8 Å². The summed E-state index contributed by atoms with van der Waals surface area (Å²) in [5, 5.41) is 15.3. The summed E-state index contributed by atoms with van der Waals surface area (Å²) in [7, 11) is 0. The number of carbonyl (C=O) groups is 1. The topological polar surface area (TPSA) is 79.4 Å². The molecule has 154 valence electrons. The van der Waals surface area contributed by atoms with Crippen molar-refractivity contribution in [2.75, 3.05) is 36.5 Å². The number of fused-ring (bicyclic) bond motifs is 1. The smallest absolute Gasteiger partial charge is 0.262 e. The van der Waals surface area contributed by atoms with Crippen molar-refractivity contribution >= 4 is 17.4 Å². The van der Waals surface area contributed by atoms with E-state index in [-0.39, 0.29) is 24.0 Å². The van der Waals surface area contributed by atoms with Crippen LogP contribution in [-0.2, 0) is 10.2 Å². The number of nitrogens with one attached hydrogen (secondary N) is 2. The monoisotopic (exact) mass is 395 g/mol. The van der Waals surface area contributed by atoms with Crippen LogP contribution in [0.25, 0.3) is 0 Å². The molecule has 2 aromatic rings. The standard InChI is InChI=1S/C22H29N5O2/c1-14(16-5-6-18-17(9-16)24-21(28)13-29-18)23-10-15-11-27(12-15)20-8-7-19(25-26-20)22(2,3)4/h5-9,14-15,23H,10-13H2,1-4H3,(H,24,28). The third-order valence-corrected chi connectivity index (χ3v) is 5.55. The maximum Gasteiger partial charge on any atom is 0.262 e. The molecule has 0 spiro atoms. The summed E-state index contributed by atoms with van der Waals surface area (Å²) < 4.78 is 5.43. The zero-order valence-electron chi connectivity index (χ0n) is 17.5. The van der Waals surface area contributed by atoms with Gasteiger partial charge < -0.3 is 20.3 Å². The molecule has 0 aliphatic carbocycles. The van der Waals surface area contributed by atoms with Crippen LogP contribution < -0.4 is 20.3 Å². The molecular formula is C22H29N5O2. The van der Waals surface area contributed by atoms with E-state index in [0.29, 0.717) is 5.92 Å². The van der Waals surface area contributed by atoms with Gasteiger partial charge in [0, 0.05) is 37.0 Å². The Morgan fingerprint density at radius 1 is 1.24 bits per heavy atom. The Morgan fingerprint density at radius 2 is 2.03 bits per heavy atom. The minimum Gasteiger partial charge on any atom is -0.482 e. The Kier molecular flexibility index (Phi) is 5.17. The number of nitrogens with zero attached hydrogens (tertiary/aromatic N) is 3. The van der Waals surface area contributed by atoms with Crippen molar-refractivity contribution < 1.29 is 9.53 Å². The average molecular weight is 396 g/mol. The molecule has 1 fully saturated rings. The molecule has 1 atom stereocenters. The van der Waals surface area contributed by atoms with Crippen molar-refractivity contribution in [3.8, 4) is 5.75 Å². The Hall–Kier alpha value is -2.67. The number of anilines is 2. The molecule has 1 unspecified atom stereocenters. The van der Waals surface area contributed by atoms with Gasteiger partial charge in [-0.2, -0.15) is 5.10 Å². The van der Waals surface area contributed by atoms with Gasteiger partial charge in [0.2, 0.25) is 0 Å². The first-order chi connectivity index (χ1) is 13.8. The van der Waals surface area contributed by atoms with Crippen LogP contribution in [-0.4, -0.2) is 42.3 Å². The maximum atomic E-state index is 11.5. The molecule has 0 saturated carbocycles. The van der Waals surface area contributed by atoms with E-state index in [4.69, 9.17) is 4.74 Å². The van der Waals surface area contributed by atoms with E-state index in [9.17, 15) is 4.79 Å². The Balaban J connectivity index is 1.27. The van der Waals surface area contributed by atoms with Crippen molar-refractivity contribution in [3.05, 3.63) is 41.6 Å². The summed E-state index contributed by atoms with van der Waals surface area (Å²) in [5.41, 5.74) is 2.92. The van der Waals surface area contributed by atoms with E-state index in [1.165, 1.54) is 0 Å². The van der Waals surface area contributed by atoms with Gasteiger partial charge in [-0.15, -0.1) is 5.10 Å². The molecule has 0 radical (unpaired) electrons. The minimum atomic E-state index is -0.108. The molecule has 2 aliphatic heterocycles. The fourth-order valence-corrected chi connectivity index (χ4v) is 3.61. The van der Waals surface area contributed by atoms with Gasteiger partial charge in [-0.05, 0) is 36.8 Å².